The molecule has 0 radical (unpaired) electrons. The van der Waals surface area contributed by atoms with Crippen LogP contribution < -0.4 is 5.32 Å². The molecule has 1 aliphatic heterocycles. The molecule has 37 heavy (non-hydrogen) atoms. The smallest absolute Gasteiger partial charge is 0.240 e. The Kier molecular flexibility index (Phi) is 5.91. The second-order valence-electron chi connectivity index (χ2n) is 10.7. The molecule has 192 valence electrons. The topological polar surface area (TPSA) is 91.5 Å². The molecule has 9 nitrogen and oxygen atoms in total. The van der Waals surface area contributed by atoms with E-state index in [1.165, 1.54) is 37.0 Å². The lowest BCUT2D eigenvalue weighted by atomic mass is 10.1. The average Bonchev–Trinajstić information content (AvgIpc) is 3.79. The summed E-state index contributed by atoms with van der Waals surface area (Å²) >= 11 is 3.05. The number of thiazole rings is 1. The number of carbonyl (C=O) groups is 1. The molecule has 3 aromatic heterocycles. The van der Waals surface area contributed by atoms with Gasteiger partial charge in [0.25, 0.3) is 0 Å². The highest BCUT2D eigenvalue weighted by molar-refractivity contribution is 7.99. The van der Waals surface area contributed by atoms with Gasteiger partial charge in [-0.05, 0) is 81.6 Å². The van der Waals surface area contributed by atoms with Gasteiger partial charge < -0.3 is 5.32 Å². The van der Waals surface area contributed by atoms with Crippen LogP contribution >= 0.6 is 23.1 Å². The van der Waals surface area contributed by atoms with Gasteiger partial charge in [-0.15, -0.1) is 10.2 Å². The number of anilines is 1. The lowest BCUT2D eigenvalue weighted by molar-refractivity contribution is -0.118. The molecule has 4 aromatic rings. The van der Waals surface area contributed by atoms with Crippen LogP contribution in [0.1, 0.15) is 51.1 Å². The highest BCUT2D eigenvalue weighted by atomic mass is 32.2. The normalized spacial score (nSPS) is 23.2. The Bertz CT molecular complexity index is 1460. The van der Waals surface area contributed by atoms with E-state index < -0.39 is 0 Å². The van der Waals surface area contributed by atoms with Gasteiger partial charge in [0.2, 0.25) is 11.1 Å². The number of piperazine rings is 1. The maximum atomic E-state index is 12.9. The van der Waals surface area contributed by atoms with Crippen molar-refractivity contribution in [2.45, 2.75) is 73.6 Å². The fourth-order valence-electron chi connectivity index (χ4n) is 5.60. The van der Waals surface area contributed by atoms with Crippen LogP contribution in [-0.4, -0.2) is 78.3 Å². The standard InChI is InChI=1S/C26H30N8OS2/c1-15-12-32(13-16(2)33(15)18-5-6-18)14-24(35)28-25-27-21-8-7-19(11-22(21)37-25)36-26-30-29-23-10-9-20(17-3-4-17)31-34(23)26/h7-11,15-18H,3-6,12-14H2,1-2H3,(H,27,28,35). The summed E-state index contributed by atoms with van der Waals surface area (Å²) in [6.07, 6.45) is 5.06. The molecule has 2 saturated carbocycles. The molecule has 4 heterocycles. The summed E-state index contributed by atoms with van der Waals surface area (Å²) in [6.45, 7) is 6.84. The molecule has 3 aliphatic rings. The molecular formula is C26H30N8OS2. The first-order valence-corrected chi connectivity index (χ1v) is 14.7. The zero-order chi connectivity index (χ0) is 25.1. The van der Waals surface area contributed by atoms with Crippen LogP contribution in [0.5, 0.6) is 0 Å². The number of rotatable bonds is 7. The summed E-state index contributed by atoms with van der Waals surface area (Å²) in [5.41, 5.74) is 2.75. The molecule has 1 aromatic carbocycles. The number of aromatic nitrogens is 5. The minimum absolute atomic E-state index is 0.000368. The number of hydrogen-bond donors (Lipinski definition) is 1. The van der Waals surface area contributed by atoms with Crippen molar-refractivity contribution in [2.75, 3.05) is 25.0 Å². The molecule has 3 fully saturated rings. The predicted octanol–water partition coefficient (Wildman–Crippen LogP) is 4.26. The minimum Gasteiger partial charge on any atom is -0.301 e. The first kappa shape index (κ1) is 23.5. The van der Waals surface area contributed by atoms with Gasteiger partial charge in [0.15, 0.2) is 10.8 Å². The third kappa shape index (κ3) is 4.85. The van der Waals surface area contributed by atoms with E-state index in [9.17, 15) is 4.79 Å². The molecular weight excluding hydrogens is 504 g/mol. The van der Waals surface area contributed by atoms with E-state index in [2.05, 4.69) is 56.3 Å². The number of amides is 1. The SMILES string of the molecule is CC1CN(CC(=O)Nc2nc3ccc(Sc4nnc5ccc(C6CC6)nn45)cc3s2)CC(C)N1C1CC1. The fraction of sp³-hybridized carbons (Fsp3) is 0.500. The van der Waals surface area contributed by atoms with Gasteiger partial charge in [-0.1, -0.05) is 11.3 Å². The Labute approximate surface area is 223 Å². The highest BCUT2D eigenvalue weighted by Crippen LogP contribution is 2.39. The van der Waals surface area contributed by atoms with Crippen LogP contribution in [-0.2, 0) is 4.79 Å². The monoisotopic (exact) mass is 534 g/mol. The number of hydrogen-bond acceptors (Lipinski definition) is 9. The largest absolute Gasteiger partial charge is 0.301 e. The van der Waals surface area contributed by atoms with Crippen LogP contribution in [0.3, 0.4) is 0 Å². The van der Waals surface area contributed by atoms with Crippen LogP contribution in [0.15, 0.2) is 40.4 Å². The molecule has 2 atom stereocenters. The second-order valence-corrected chi connectivity index (χ2v) is 12.7. The maximum Gasteiger partial charge on any atom is 0.240 e. The first-order valence-electron chi connectivity index (χ1n) is 13.1. The zero-order valence-electron chi connectivity index (χ0n) is 21.0. The minimum atomic E-state index is 0.000368. The summed E-state index contributed by atoms with van der Waals surface area (Å²) in [7, 11) is 0. The number of carbonyl (C=O) groups excluding carboxylic acids is 1. The molecule has 1 amide bonds. The Morgan fingerprint density at radius 3 is 2.65 bits per heavy atom. The molecule has 2 unspecified atom stereocenters. The van der Waals surface area contributed by atoms with Crippen molar-refractivity contribution >= 4 is 50.0 Å². The Balaban J connectivity index is 1.02. The summed E-state index contributed by atoms with van der Waals surface area (Å²) in [6, 6.07) is 11.9. The quantitative estimate of drug-likeness (QED) is 0.376. The second kappa shape index (κ2) is 9.30. The molecule has 7 rings (SSSR count). The van der Waals surface area contributed by atoms with Gasteiger partial charge in [0.05, 0.1) is 22.5 Å². The van der Waals surface area contributed by atoms with E-state index in [0.717, 1.165) is 50.7 Å². The third-order valence-corrected chi connectivity index (χ3v) is 9.32. The van der Waals surface area contributed by atoms with Gasteiger partial charge in [-0.3, -0.25) is 14.6 Å². The average molecular weight is 535 g/mol. The number of nitrogens with zero attached hydrogens (tertiary/aromatic N) is 7. The van der Waals surface area contributed by atoms with E-state index >= 15 is 0 Å². The highest BCUT2D eigenvalue weighted by Gasteiger charge is 2.39. The molecule has 0 bridgehead atoms. The van der Waals surface area contributed by atoms with Crippen molar-refractivity contribution in [1.29, 1.82) is 0 Å². The third-order valence-electron chi connectivity index (χ3n) is 7.46. The fourth-order valence-corrected chi connectivity index (χ4v) is 7.42. The lowest BCUT2D eigenvalue weighted by Crippen LogP contribution is -2.58. The first-order chi connectivity index (χ1) is 18.0. The molecule has 11 heteroatoms. The number of benzene rings is 1. The van der Waals surface area contributed by atoms with Gasteiger partial charge >= 0.3 is 0 Å². The maximum absolute atomic E-state index is 12.9. The van der Waals surface area contributed by atoms with Crippen molar-refractivity contribution in [1.82, 2.24) is 34.6 Å². The Morgan fingerprint density at radius 2 is 1.89 bits per heavy atom. The van der Waals surface area contributed by atoms with E-state index in [-0.39, 0.29) is 5.91 Å². The van der Waals surface area contributed by atoms with Crippen LogP contribution in [0.2, 0.25) is 0 Å². The molecule has 2 aliphatic carbocycles. The summed E-state index contributed by atoms with van der Waals surface area (Å²) in [5.74, 6) is 0.575. The summed E-state index contributed by atoms with van der Waals surface area (Å²) in [5, 5.41) is 17.8. The molecule has 0 spiro atoms. The van der Waals surface area contributed by atoms with Crippen molar-refractivity contribution in [3.63, 3.8) is 0 Å². The van der Waals surface area contributed by atoms with Crippen molar-refractivity contribution < 1.29 is 4.79 Å². The van der Waals surface area contributed by atoms with Gasteiger partial charge in [-0.25, -0.2) is 4.98 Å². The number of nitrogens with one attached hydrogen (secondary N) is 1. The van der Waals surface area contributed by atoms with Crippen LogP contribution in [0.4, 0.5) is 5.13 Å². The van der Waals surface area contributed by atoms with Crippen LogP contribution in [0, 0.1) is 0 Å². The van der Waals surface area contributed by atoms with E-state index in [0.29, 0.717) is 29.7 Å². The van der Waals surface area contributed by atoms with Crippen molar-refractivity contribution in [2.24, 2.45) is 0 Å². The van der Waals surface area contributed by atoms with Gasteiger partial charge in [0, 0.05) is 42.0 Å². The summed E-state index contributed by atoms with van der Waals surface area (Å²) < 4.78 is 2.87. The van der Waals surface area contributed by atoms with Crippen LogP contribution in [0.25, 0.3) is 15.9 Å². The van der Waals surface area contributed by atoms with E-state index in [1.54, 1.807) is 11.8 Å². The Hall–Kier alpha value is -2.60. The zero-order valence-corrected chi connectivity index (χ0v) is 22.6. The van der Waals surface area contributed by atoms with Gasteiger partial charge in [-0.2, -0.15) is 9.61 Å². The predicted molar refractivity (Wildman–Crippen MR) is 145 cm³/mol. The van der Waals surface area contributed by atoms with E-state index in [1.807, 2.05) is 22.7 Å². The molecule has 1 saturated heterocycles. The van der Waals surface area contributed by atoms with E-state index in [4.69, 9.17) is 5.10 Å². The Morgan fingerprint density at radius 1 is 1.08 bits per heavy atom. The lowest BCUT2D eigenvalue weighted by Gasteiger charge is -2.44. The van der Waals surface area contributed by atoms with Gasteiger partial charge in [0.1, 0.15) is 0 Å². The molecule has 1 N–H and O–H groups in total. The van der Waals surface area contributed by atoms with Crippen molar-refractivity contribution in [3.05, 3.63) is 36.0 Å². The van der Waals surface area contributed by atoms with Crippen molar-refractivity contribution in [3.8, 4) is 0 Å². The summed E-state index contributed by atoms with van der Waals surface area (Å²) in [4.78, 5) is 23.5. The number of fused-ring (bicyclic) bond motifs is 2.